The number of nitrogens with one attached hydrogen (secondary N) is 2. The molecule has 100 valence electrons. The summed E-state index contributed by atoms with van der Waals surface area (Å²) in [6.45, 7) is 0. The molecule has 0 saturated carbocycles. The van der Waals surface area contributed by atoms with E-state index in [0.717, 1.165) is 10.9 Å². The zero-order chi connectivity index (χ0) is 14.1. The second kappa shape index (κ2) is 4.86. The molecule has 0 radical (unpaired) electrons. The molecule has 5 nitrogen and oxygen atoms in total. The van der Waals surface area contributed by atoms with Crippen molar-refractivity contribution in [3.05, 3.63) is 53.3 Å². The van der Waals surface area contributed by atoms with Crippen molar-refractivity contribution in [2.24, 2.45) is 0 Å². The lowest BCUT2D eigenvalue weighted by molar-refractivity contribution is 0.102. The summed E-state index contributed by atoms with van der Waals surface area (Å²) in [6, 6.07) is 8.70. The average molecular weight is 287 g/mol. The predicted molar refractivity (Wildman–Crippen MR) is 79.9 cm³/mol. The number of aromatic amines is 1. The third-order valence-corrected chi connectivity index (χ3v) is 3.25. The number of H-pyrrole nitrogens is 1. The Morgan fingerprint density at radius 2 is 2.20 bits per heavy atom. The molecule has 0 bridgehead atoms. The Hall–Kier alpha value is -2.53. The summed E-state index contributed by atoms with van der Waals surface area (Å²) in [4.78, 5) is 19.3. The minimum atomic E-state index is -0.276. The van der Waals surface area contributed by atoms with Gasteiger partial charge in [-0.3, -0.25) is 4.79 Å². The van der Waals surface area contributed by atoms with Crippen molar-refractivity contribution in [3.8, 4) is 0 Å². The molecular formula is C14H11ClN4O. The van der Waals surface area contributed by atoms with Crippen LogP contribution in [-0.2, 0) is 0 Å². The average Bonchev–Trinajstić information content (AvgIpc) is 2.84. The monoisotopic (exact) mass is 286 g/mol. The van der Waals surface area contributed by atoms with Crippen molar-refractivity contribution < 1.29 is 4.79 Å². The fourth-order valence-corrected chi connectivity index (χ4v) is 2.15. The fourth-order valence-electron chi connectivity index (χ4n) is 1.98. The number of carbonyl (C=O) groups is 1. The molecule has 0 aliphatic rings. The normalized spacial score (nSPS) is 10.7. The van der Waals surface area contributed by atoms with Crippen LogP contribution < -0.4 is 11.1 Å². The van der Waals surface area contributed by atoms with E-state index in [1.54, 1.807) is 42.7 Å². The first-order chi connectivity index (χ1) is 9.65. The summed E-state index contributed by atoms with van der Waals surface area (Å²) in [5.74, 6) is 0.0607. The molecule has 0 unspecified atom stereocenters. The molecule has 2 heterocycles. The van der Waals surface area contributed by atoms with E-state index in [1.807, 2.05) is 0 Å². The van der Waals surface area contributed by atoms with Gasteiger partial charge in [0, 0.05) is 29.0 Å². The van der Waals surface area contributed by atoms with Gasteiger partial charge in [0.2, 0.25) is 0 Å². The van der Waals surface area contributed by atoms with Crippen LogP contribution in [0.1, 0.15) is 10.4 Å². The lowest BCUT2D eigenvalue weighted by atomic mass is 10.1. The summed E-state index contributed by atoms with van der Waals surface area (Å²) >= 11 is 5.97. The van der Waals surface area contributed by atoms with Crippen molar-refractivity contribution in [3.63, 3.8) is 0 Å². The summed E-state index contributed by atoms with van der Waals surface area (Å²) in [6.07, 6.45) is 3.20. The minimum Gasteiger partial charge on any atom is -0.399 e. The zero-order valence-corrected chi connectivity index (χ0v) is 11.1. The number of halogens is 1. The molecule has 0 saturated heterocycles. The van der Waals surface area contributed by atoms with E-state index in [1.165, 1.54) is 0 Å². The van der Waals surface area contributed by atoms with Crippen molar-refractivity contribution in [2.75, 3.05) is 11.1 Å². The second-order valence-electron chi connectivity index (χ2n) is 4.30. The Kier molecular flexibility index (Phi) is 3.04. The standard InChI is InChI=1S/C14H11ClN4O/c15-11-2-1-5-17-13(11)19-14(20)10-7-18-12-6-8(16)3-4-9(10)12/h1-7,18H,16H2,(H,17,19,20). The molecule has 1 aromatic carbocycles. The molecule has 20 heavy (non-hydrogen) atoms. The van der Waals surface area contributed by atoms with Crippen LogP contribution in [0, 0.1) is 0 Å². The van der Waals surface area contributed by atoms with Gasteiger partial charge in [-0.15, -0.1) is 0 Å². The van der Waals surface area contributed by atoms with E-state index in [0.29, 0.717) is 22.1 Å². The largest absolute Gasteiger partial charge is 0.399 e. The predicted octanol–water partition coefficient (Wildman–Crippen LogP) is 3.05. The summed E-state index contributed by atoms with van der Waals surface area (Å²) < 4.78 is 0. The van der Waals surface area contributed by atoms with E-state index in [-0.39, 0.29) is 5.91 Å². The summed E-state index contributed by atoms with van der Waals surface area (Å²) in [5, 5.41) is 3.87. The van der Waals surface area contributed by atoms with Crippen LogP contribution in [0.15, 0.2) is 42.7 Å². The Balaban J connectivity index is 1.95. The first-order valence-electron chi connectivity index (χ1n) is 5.93. The maximum atomic E-state index is 12.3. The molecule has 3 rings (SSSR count). The van der Waals surface area contributed by atoms with E-state index in [4.69, 9.17) is 17.3 Å². The molecule has 0 spiro atoms. The van der Waals surface area contributed by atoms with Crippen molar-refractivity contribution in [2.45, 2.75) is 0 Å². The highest BCUT2D eigenvalue weighted by Gasteiger charge is 2.14. The number of amides is 1. The smallest absolute Gasteiger partial charge is 0.259 e. The van der Waals surface area contributed by atoms with Crippen LogP contribution in [0.5, 0.6) is 0 Å². The van der Waals surface area contributed by atoms with E-state index >= 15 is 0 Å². The van der Waals surface area contributed by atoms with E-state index in [2.05, 4.69) is 15.3 Å². The van der Waals surface area contributed by atoms with Gasteiger partial charge in [0.15, 0.2) is 5.82 Å². The lowest BCUT2D eigenvalue weighted by Gasteiger charge is -2.05. The second-order valence-corrected chi connectivity index (χ2v) is 4.70. The van der Waals surface area contributed by atoms with Crippen LogP contribution in [0.4, 0.5) is 11.5 Å². The first-order valence-corrected chi connectivity index (χ1v) is 6.31. The summed E-state index contributed by atoms with van der Waals surface area (Å²) in [7, 11) is 0. The number of hydrogen-bond acceptors (Lipinski definition) is 3. The maximum absolute atomic E-state index is 12.3. The van der Waals surface area contributed by atoms with Gasteiger partial charge in [-0.1, -0.05) is 11.6 Å². The Bertz CT molecular complexity index is 797. The third-order valence-electron chi connectivity index (χ3n) is 2.94. The molecular weight excluding hydrogens is 276 g/mol. The highest BCUT2D eigenvalue weighted by Crippen LogP contribution is 2.23. The number of nitrogens with zero attached hydrogens (tertiary/aromatic N) is 1. The fraction of sp³-hybridized carbons (Fsp3) is 0. The molecule has 6 heteroatoms. The van der Waals surface area contributed by atoms with Crippen molar-refractivity contribution in [1.82, 2.24) is 9.97 Å². The number of nitrogen functional groups attached to an aromatic ring is 1. The Labute approximate surface area is 119 Å². The number of anilines is 2. The molecule has 3 aromatic rings. The molecule has 0 aliphatic heterocycles. The van der Waals surface area contributed by atoms with Crippen LogP contribution in [-0.4, -0.2) is 15.9 Å². The Morgan fingerprint density at radius 1 is 1.35 bits per heavy atom. The van der Waals surface area contributed by atoms with Gasteiger partial charge in [0.25, 0.3) is 5.91 Å². The van der Waals surface area contributed by atoms with Crippen LogP contribution >= 0.6 is 11.6 Å². The molecule has 2 aromatic heterocycles. The van der Waals surface area contributed by atoms with Gasteiger partial charge in [-0.25, -0.2) is 4.98 Å². The van der Waals surface area contributed by atoms with Crippen molar-refractivity contribution in [1.29, 1.82) is 0 Å². The van der Waals surface area contributed by atoms with Crippen LogP contribution in [0.3, 0.4) is 0 Å². The number of fused-ring (bicyclic) bond motifs is 1. The highest BCUT2D eigenvalue weighted by atomic mass is 35.5. The first kappa shape index (κ1) is 12.5. The maximum Gasteiger partial charge on any atom is 0.259 e. The molecule has 0 fully saturated rings. The number of pyridine rings is 1. The van der Waals surface area contributed by atoms with E-state index < -0.39 is 0 Å². The summed E-state index contributed by atoms with van der Waals surface area (Å²) in [5.41, 5.74) is 7.67. The van der Waals surface area contributed by atoms with Crippen LogP contribution in [0.25, 0.3) is 10.9 Å². The SMILES string of the molecule is Nc1ccc2c(C(=O)Nc3ncccc3Cl)c[nH]c2c1. The van der Waals surface area contributed by atoms with Crippen molar-refractivity contribution >= 4 is 39.9 Å². The quantitative estimate of drug-likeness (QED) is 0.633. The number of hydrogen-bond donors (Lipinski definition) is 3. The molecule has 4 N–H and O–H groups in total. The van der Waals surface area contributed by atoms with Gasteiger partial charge in [-0.2, -0.15) is 0 Å². The van der Waals surface area contributed by atoms with Gasteiger partial charge in [0.05, 0.1) is 10.6 Å². The lowest BCUT2D eigenvalue weighted by Crippen LogP contribution is -2.12. The van der Waals surface area contributed by atoms with Gasteiger partial charge in [0.1, 0.15) is 0 Å². The molecule has 0 aliphatic carbocycles. The number of benzene rings is 1. The minimum absolute atomic E-state index is 0.276. The number of carbonyl (C=O) groups excluding carboxylic acids is 1. The van der Waals surface area contributed by atoms with Crippen LogP contribution in [0.2, 0.25) is 5.02 Å². The number of rotatable bonds is 2. The molecule has 0 atom stereocenters. The van der Waals surface area contributed by atoms with E-state index in [9.17, 15) is 4.79 Å². The molecule has 1 amide bonds. The third kappa shape index (κ3) is 2.19. The Morgan fingerprint density at radius 3 is 3.00 bits per heavy atom. The number of nitrogens with two attached hydrogens (primary N) is 1. The number of aromatic nitrogens is 2. The zero-order valence-electron chi connectivity index (χ0n) is 10.4. The van der Waals surface area contributed by atoms with Gasteiger partial charge >= 0.3 is 0 Å². The van der Waals surface area contributed by atoms with Gasteiger partial charge in [-0.05, 0) is 30.3 Å². The van der Waals surface area contributed by atoms with Gasteiger partial charge < -0.3 is 16.0 Å². The highest BCUT2D eigenvalue weighted by molar-refractivity contribution is 6.33. The topological polar surface area (TPSA) is 83.8 Å².